The number of imidazole rings is 1. The quantitative estimate of drug-likeness (QED) is 0.0373. The molecule has 1 aliphatic rings. The Morgan fingerprint density at radius 2 is 1.62 bits per heavy atom. The Morgan fingerprint density at radius 3 is 2.22 bits per heavy atom. The van der Waals surface area contributed by atoms with Crippen molar-refractivity contribution in [2.24, 2.45) is 22.4 Å². The molecule has 0 radical (unpaired) electrons. The molecule has 6 amide bonds. The molecule has 19 nitrogen and oxygen atoms in total. The lowest BCUT2D eigenvalue weighted by atomic mass is 10.00. The number of likely N-dealkylation sites (tertiary alicyclic amines) is 1. The Labute approximate surface area is 320 Å². The number of carbonyl (C=O) groups is 6. The molecule has 1 saturated heterocycles. The number of aromatic amines is 1. The molecule has 1 aromatic heterocycles. The summed E-state index contributed by atoms with van der Waals surface area (Å²) >= 11 is 0. The van der Waals surface area contributed by atoms with E-state index in [-0.39, 0.29) is 56.0 Å². The smallest absolute Gasteiger partial charge is 0.245 e. The third-order valence-corrected chi connectivity index (χ3v) is 9.06. The van der Waals surface area contributed by atoms with Crippen molar-refractivity contribution >= 4 is 41.4 Å². The Balaban J connectivity index is 1.74. The third-order valence-electron chi connectivity index (χ3n) is 9.06. The second-order valence-electron chi connectivity index (χ2n) is 13.9. The monoisotopic (exact) mass is 768 g/mol. The number of rotatable bonds is 21. The number of phenolic OH excluding ortho intramolecular Hbond substituents is 1. The minimum absolute atomic E-state index is 0.00487. The summed E-state index contributed by atoms with van der Waals surface area (Å²) in [6, 6.07) is 1.79. The van der Waals surface area contributed by atoms with Crippen molar-refractivity contribution in [1.82, 2.24) is 46.8 Å². The lowest BCUT2D eigenvalue weighted by molar-refractivity contribution is -0.137. The molecule has 3 rings (SSSR count). The number of nitrogens with two attached hydrogens (primary N) is 2. The van der Waals surface area contributed by atoms with E-state index in [0.29, 0.717) is 24.2 Å². The Bertz CT molecular complexity index is 1610. The van der Waals surface area contributed by atoms with Crippen LogP contribution in [0.5, 0.6) is 5.75 Å². The van der Waals surface area contributed by atoms with Gasteiger partial charge in [0.2, 0.25) is 35.4 Å². The maximum atomic E-state index is 13.8. The first-order valence-corrected chi connectivity index (χ1v) is 18.4. The van der Waals surface area contributed by atoms with Crippen LogP contribution in [0.3, 0.4) is 0 Å². The maximum Gasteiger partial charge on any atom is 0.245 e. The first-order chi connectivity index (χ1) is 26.2. The lowest BCUT2D eigenvalue weighted by Gasteiger charge is -2.28. The summed E-state index contributed by atoms with van der Waals surface area (Å²) in [5, 5.41) is 25.9. The topological polar surface area (TPSA) is 291 Å². The number of H-pyrrole nitrogens is 1. The van der Waals surface area contributed by atoms with E-state index in [0.717, 1.165) is 12.8 Å². The van der Waals surface area contributed by atoms with Gasteiger partial charge in [0.05, 0.1) is 19.4 Å². The zero-order valence-corrected chi connectivity index (χ0v) is 31.9. The standard InChI is InChI=1S/C36H56N12O7/c1-21(2)31(47-33(53)26(44-29(50)18-39-4)8-5-13-41-36(37)38)34(54)46-27(15-23-9-11-25(49)12-10-23)32(52)42-19-30(51)45-28(16-24-17-40-20-43-24)35(55)48-14-6-7-22(48)3/h9-12,17,20-22,26-28,31,39,49H,5-8,13-16,18-19H2,1-4H3,(H,40,43)(H,42,52)(H,44,50)(H,45,51)(H,46,54)(H,47,53)(H4,37,38,41)/t22-,26+,27+,28+,31+/m1/s1. The Hall–Kier alpha value is -5.72. The number of guanidine groups is 1. The number of hydrogen-bond donors (Lipinski definition) is 10. The fourth-order valence-corrected chi connectivity index (χ4v) is 6.12. The number of amides is 6. The van der Waals surface area contributed by atoms with Crippen LogP contribution in [0.15, 0.2) is 41.8 Å². The average molecular weight is 769 g/mol. The van der Waals surface area contributed by atoms with Crippen molar-refractivity contribution in [2.75, 3.05) is 33.2 Å². The molecule has 2 heterocycles. The summed E-state index contributed by atoms with van der Waals surface area (Å²) in [7, 11) is 1.58. The van der Waals surface area contributed by atoms with Crippen molar-refractivity contribution in [2.45, 2.75) is 89.5 Å². The number of aliphatic imine (C=N–C) groups is 1. The molecule has 2 aromatic rings. The number of aromatic nitrogens is 2. The number of nitrogens with one attached hydrogen (secondary N) is 7. The van der Waals surface area contributed by atoms with Gasteiger partial charge < -0.3 is 58.4 Å². The molecule has 0 saturated carbocycles. The van der Waals surface area contributed by atoms with Gasteiger partial charge in [-0.05, 0) is 63.3 Å². The number of carbonyl (C=O) groups excluding carboxylic acids is 6. The average Bonchev–Trinajstić information content (AvgIpc) is 3.82. The van der Waals surface area contributed by atoms with Gasteiger partial charge in [-0.3, -0.25) is 33.8 Å². The molecule has 0 aliphatic carbocycles. The van der Waals surface area contributed by atoms with E-state index in [1.54, 1.807) is 44.1 Å². The highest BCUT2D eigenvalue weighted by Gasteiger charge is 2.34. The summed E-state index contributed by atoms with van der Waals surface area (Å²) in [5.74, 6) is -3.86. The van der Waals surface area contributed by atoms with Crippen molar-refractivity contribution in [3.05, 3.63) is 48.0 Å². The van der Waals surface area contributed by atoms with E-state index in [1.165, 1.54) is 18.5 Å². The minimum Gasteiger partial charge on any atom is -0.508 e. The van der Waals surface area contributed by atoms with Crippen LogP contribution >= 0.6 is 0 Å². The third kappa shape index (κ3) is 14.6. The number of phenols is 1. The molecule has 55 heavy (non-hydrogen) atoms. The first-order valence-electron chi connectivity index (χ1n) is 18.4. The second kappa shape index (κ2) is 21.9. The van der Waals surface area contributed by atoms with Gasteiger partial charge in [0.25, 0.3) is 0 Å². The number of benzene rings is 1. The molecule has 12 N–H and O–H groups in total. The fraction of sp³-hybridized carbons (Fsp3) is 0.556. The molecule has 0 spiro atoms. The SMILES string of the molecule is CNCC(=O)N[C@@H](CCCN=C(N)N)C(=O)N[C@H](C(=O)N[C@@H](Cc1ccc(O)cc1)C(=O)NCC(=O)N[C@@H](Cc1cnc[nH]1)C(=O)N1CCC[C@H]1C)C(C)C. The first kappa shape index (κ1) is 43.7. The predicted octanol–water partition coefficient (Wildman–Crippen LogP) is -2.10. The predicted molar refractivity (Wildman–Crippen MR) is 204 cm³/mol. The van der Waals surface area contributed by atoms with Gasteiger partial charge in [0.1, 0.15) is 29.9 Å². The van der Waals surface area contributed by atoms with Crippen LogP contribution in [-0.2, 0) is 41.6 Å². The molecule has 19 heteroatoms. The second-order valence-corrected chi connectivity index (χ2v) is 13.9. The summed E-state index contributed by atoms with van der Waals surface area (Å²) in [5.41, 5.74) is 12.0. The van der Waals surface area contributed by atoms with Crippen LogP contribution in [0.1, 0.15) is 57.7 Å². The number of aromatic hydroxyl groups is 1. The molecule has 5 atom stereocenters. The molecule has 302 valence electrons. The summed E-state index contributed by atoms with van der Waals surface area (Å²) in [4.78, 5) is 92.7. The van der Waals surface area contributed by atoms with Crippen LogP contribution in [0.25, 0.3) is 0 Å². The van der Waals surface area contributed by atoms with Crippen LogP contribution in [0.4, 0.5) is 0 Å². The zero-order valence-electron chi connectivity index (χ0n) is 31.9. The molecule has 0 unspecified atom stereocenters. The van der Waals surface area contributed by atoms with Gasteiger partial charge in [-0.15, -0.1) is 0 Å². The van der Waals surface area contributed by atoms with Crippen molar-refractivity contribution in [3.8, 4) is 5.75 Å². The highest BCUT2D eigenvalue weighted by atomic mass is 16.3. The van der Waals surface area contributed by atoms with Crippen molar-refractivity contribution in [1.29, 1.82) is 0 Å². The molecule has 1 fully saturated rings. The lowest BCUT2D eigenvalue weighted by Crippen LogP contribution is -2.59. The summed E-state index contributed by atoms with van der Waals surface area (Å²) in [6.07, 6.45) is 5.43. The minimum atomic E-state index is -1.22. The highest BCUT2D eigenvalue weighted by Crippen LogP contribution is 2.18. The largest absolute Gasteiger partial charge is 0.508 e. The van der Waals surface area contributed by atoms with Crippen LogP contribution < -0.4 is 43.4 Å². The van der Waals surface area contributed by atoms with E-state index >= 15 is 0 Å². The molecular weight excluding hydrogens is 712 g/mol. The molecule has 1 aliphatic heterocycles. The van der Waals surface area contributed by atoms with E-state index in [2.05, 4.69) is 46.9 Å². The summed E-state index contributed by atoms with van der Waals surface area (Å²) < 4.78 is 0. The van der Waals surface area contributed by atoms with Crippen molar-refractivity contribution < 1.29 is 33.9 Å². The van der Waals surface area contributed by atoms with Crippen LogP contribution in [0.2, 0.25) is 0 Å². The zero-order chi connectivity index (χ0) is 40.5. The maximum absolute atomic E-state index is 13.8. The molecular formula is C36H56N12O7. The Morgan fingerprint density at radius 1 is 0.927 bits per heavy atom. The van der Waals surface area contributed by atoms with Gasteiger partial charge in [0.15, 0.2) is 5.96 Å². The number of nitrogens with zero attached hydrogens (tertiary/aromatic N) is 3. The van der Waals surface area contributed by atoms with E-state index in [1.807, 2.05) is 6.92 Å². The van der Waals surface area contributed by atoms with Crippen LogP contribution in [-0.4, -0.2) is 125 Å². The number of hydrogen-bond acceptors (Lipinski definition) is 10. The molecule has 1 aromatic carbocycles. The van der Waals surface area contributed by atoms with E-state index in [9.17, 15) is 33.9 Å². The van der Waals surface area contributed by atoms with Gasteiger partial charge >= 0.3 is 0 Å². The van der Waals surface area contributed by atoms with E-state index < -0.39 is 66.2 Å². The highest BCUT2D eigenvalue weighted by molar-refractivity contribution is 5.96. The van der Waals surface area contributed by atoms with Gasteiger partial charge in [-0.2, -0.15) is 0 Å². The van der Waals surface area contributed by atoms with Crippen molar-refractivity contribution in [3.63, 3.8) is 0 Å². The molecule has 0 bridgehead atoms. The summed E-state index contributed by atoms with van der Waals surface area (Å²) in [6.45, 7) is 5.62. The number of likely N-dealkylation sites (N-methyl/N-ethyl adjacent to an activating group) is 1. The Kier molecular flexibility index (Phi) is 17.4. The van der Waals surface area contributed by atoms with Gasteiger partial charge in [-0.1, -0.05) is 26.0 Å². The van der Waals surface area contributed by atoms with Gasteiger partial charge in [0, 0.05) is 43.9 Å². The fourth-order valence-electron chi connectivity index (χ4n) is 6.12. The van der Waals surface area contributed by atoms with Crippen LogP contribution in [0, 0.1) is 5.92 Å². The normalized spacial score (nSPS) is 15.9. The van der Waals surface area contributed by atoms with E-state index in [4.69, 9.17) is 11.5 Å². The van der Waals surface area contributed by atoms with Gasteiger partial charge in [-0.25, -0.2) is 4.98 Å².